The number of methoxy groups -OCH3 is 1. The van der Waals surface area contributed by atoms with Crippen LogP contribution in [0.15, 0.2) is 41.3 Å². The Bertz CT molecular complexity index is 919. The molecular formula is C18H19NO4S. The van der Waals surface area contributed by atoms with E-state index < -0.39 is 10.0 Å². The first kappa shape index (κ1) is 16.5. The molecular weight excluding hydrogens is 326 g/mol. The Morgan fingerprint density at radius 2 is 1.79 bits per heavy atom. The van der Waals surface area contributed by atoms with Gasteiger partial charge in [0.2, 0.25) is 0 Å². The summed E-state index contributed by atoms with van der Waals surface area (Å²) in [5, 5.41) is 0. The first-order valence-electron chi connectivity index (χ1n) is 7.66. The van der Waals surface area contributed by atoms with Crippen LogP contribution in [0.3, 0.4) is 0 Å². The minimum Gasteiger partial charge on any atom is -0.496 e. The Balaban J connectivity index is 2.15. The molecule has 5 nitrogen and oxygen atoms in total. The minimum atomic E-state index is -3.75. The summed E-state index contributed by atoms with van der Waals surface area (Å²) in [6.07, 6.45) is 0.185. The summed E-state index contributed by atoms with van der Waals surface area (Å²) in [5.41, 5.74) is 2.27. The number of Topliss-reactive ketones (excluding diaryl/α,β-unsaturated/α-hetero) is 1. The molecule has 0 aromatic heterocycles. The molecule has 6 heteroatoms. The Labute approximate surface area is 141 Å². The summed E-state index contributed by atoms with van der Waals surface area (Å²) in [7, 11) is -2.19. The topological polar surface area (TPSA) is 63.7 Å². The van der Waals surface area contributed by atoms with Crippen molar-refractivity contribution < 1.29 is 17.9 Å². The van der Waals surface area contributed by atoms with Gasteiger partial charge in [-0.1, -0.05) is 12.1 Å². The predicted molar refractivity (Wildman–Crippen MR) is 92.4 cm³/mol. The van der Waals surface area contributed by atoms with Crippen molar-refractivity contribution in [3.63, 3.8) is 0 Å². The van der Waals surface area contributed by atoms with E-state index in [2.05, 4.69) is 0 Å². The second-order valence-electron chi connectivity index (χ2n) is 5.85. The van der Waals surface area contributed by atoms with Gasteiger partial charge in [0.15, 0.2) is 5.78 Å². The molecule has 0 bridgehead atoms. The molecule has 0 unspecified atom stereocenters. The fourth-order valence-corrected chi connectivity index (χ4v) is 4.79. The monoisotopic (exact) mass is 345 g/mol. The Hall–Kier alpha value is -2.34. The molecule has 126 valence electrons. The quantitative estimate of drug-likeness (QED) is 0.857. The van der Waals surface area contributed by atoms with Crippen molar-refractivity contribution in [1.29, 1.82) is 0 Å². The van der Waals surface area contributed by atoms with Crippen LogP contribution >= 0.6 is 0 Å². The molecule has 1 heterocycles. The van der Waals surface area contributed by atoms with Gasteiger partial charge in [0, 0.05) is 18.5 Å². The van der Waals surface area contributed by atoms with E-state index in [1.807, 2.05) is 6.92 Å². The lowest BCUT2D eigenvalue weighted by Crippen LogP contribution is -2.37. The summed E-state index contributed by atoms with van der Waals surface area (Å²) in [5.74, 6) is 0.625. The highest BCUT2D eigenvalue weighted by Crippen LogP contribution is 2.34. The molecule has 3 rings (SSSR count). The van der Waals surface area contributed by atoms with Crippen molar-refractivity contribution in [2.24, 2.45) is 0 Å². The molecule has 0 aliphatic carbocycles. The highest BCUT2D eigenvalue weighted by molar-refractivity contribution is 7.93. The number of fused-ring (bicyclic) bond motifs is 1. The number of carbonyl (C=O) groups excluding carboxylic acids is 1. The van der Waals surface area contributed by atoms with Crippen molar-refractivity contribution in [2.45, 2.75) is 25.2 Å². The standard InChI is InChI=1S/C18H19NO4S/c1-12-11-18(13(2)10-17(12)23-3)24(21,22)19-9-8-16(20)14-6-4-5-7-15(14)19/h4-7,10-11H,8-9H2,1-3H3. The van der Waals surface area contributed by atoms with Crippen LogP contribution in [-0.4, -0.2) is 27.9 Å². The number of ketones is 1. The number of aryl methyl sites for hydroxylation is 2. The van der Waals surface area contributed by atoms with Crippen LogP contribution in [0.5, 0.6) is 5.75 Å². The number of hydrogen-bond donors (Lipinski definition) is 0. The average Bonchev–Trinajstić information content (AvgIpc) is 2.56. The molecule has 1 aliphatic heterocycles. The van der Waals surface area contributed by atoms with E-state index in [9.17, 15) is 13.2 Å². The summed E-state index contributed by atoms with van der Waals surface area (Å²) >= 11 is 0. The smallest absolute Gasteiger partial charge is 0.264 e. The lowest BCUT2D eigenvalue weighted by Gasteiger charge is -2.30. The number of sulfonamides is 1. The van der Waals surface area contributed by atoms with Crippen LogP contribution in [0.25, 0.3) is 0 Å². The van der Waals surface area contributed by atoms with Gasteiger partial charge in [0.1, 0.15) is 5.75 Å². The zero-order chi connectivity index (χ0) is 17.5. The normalized spacial score (nSPS) is 14.5. The van der Waals surface area contributed by atoms with E-state index >= 15 is 0 Å². The molecule has 0 saturated heterocycles. The maximum absolute atomic E-state index is 13.2. The molecule has 0 fully saturated rings. The summed E-state index contributed by atoms with van der Waals surface area (Å²) in [4.78, 5) is 12.3. The highest BCUT2D eigenvalue weighted by Gasteiger charge is 2.33. The van der Waals surface area contributed by atoms with Crippen molar-refractivity contribution in [3.05, 3.63) is 53.1 Å². The zero-order valence-electron chi connectivity index (χ0n) is 13.9. The summed E-state index contributed by atoms with van der Waals surface area (Å²) in [6, 6.07) is 10.2. The minimum absolute atomic E-state index is 0.0281. The molecule has 0 saturated carbocycles. The van der Waals surface area contributed by atoms with E-state index in [0.717, 1.165) is 5.56 Å². The second-order valence-corrected chi connectivity index (χ2v) is 7.69. The lowest BCUT2D eigenvalue weighted by molar-refractivity contribution is 0.0982. The molecule has 0 spiro atoms. The van der Waals surface area contributed by atoms with Crippen LogP contribution in [0, 0.1) is 13.8 Å². The molecule has 0 atom stereocenters. The van der Waals surface area contributed by atoms with Crippen molar-refractivity contribution in [2.75, 3.05) is 18.0 Å². The van der Waals surface area contributed by atoms with Crippen molar-refractivity contribution >= 4 is 21.5 Å². The third-order valence-corrected chi connectivity index (χ3v) is 6.23. The van der Waals surface area contributed by atoms with E-state index in [0.29, 0.717) is 22.6 Å². The van der Waals surface area contributed by atoms with Gasteiger partial charge in [-0.2, -0.15) is 0 Å². The third-order valence-electron chi connectivity index (χ3n) is 4.28. The van der Waals surface area contributed by atoms with Gasteiger partial charge in [-0.25, -0.2) is 8.42 Å². The molecule has 0 radical (unpaired) electrons. The van der Waals surface area contributed by atoms with Gasteiger partial charge in [0.05, 0.1) is 17.7 Å². The largest absolute Gasteiger partial charge is 0.496 e. The molecule has 24 heavy (non-hydrogen) atoms. The average molecular weight is 345 g/mol. The fraction of sp³-hybridized carbons (Fsp3) is 0.278. The first-order valence-corrected chi connectivity index (χ1v) is 9.10. The van der Waals surface area contributed by atoms with Crippen LogP contribution in [0.2, 0.25) is 0 Å². The van der Waals surface area contributed by atoms with Crippen LogP contribution in [-0.2, 0) is 10.0 Å². The second kappa shape index (κ2) is 5.94. The SMILES string of the molecule is COc1cc(C)c(S(=O)(=O)N2CCC(=O)c3ccccc32)cc1C. The van der Waals surface area contributed by atoms with Gasteiger partial charge in [-0.05, 0) is 49.2 Å². The summed E-state index contributed by atoms with van der Waals surface area (Å²) < 4.78 is 33.0. The first-order chi connectivity index (χ1) is 11.4. The number of benzene rings is 2. The molecule has 0 amide bonds. The number of anilines is 1. The van der Waals surface area contributed by atoms with Crippen molar-refractivity contribution in [3.8, 4) is 5.75 Å². The Morgan fingerprint density at radius 3 is 2.50 bits per heavy atom. The molecule has 1 aliphatic rings. The fourth-order valence-electron chi connectivity index (χ4n) is 3.01. The van der Waals surface area contributed by atoms with Crippen LogP contribution in [0.1, 0.15) is 27.9 Å². The number of ether oxygens (including phenoxy) is 1. The van der Waals surface area contributed by atoms with E-state index in [1.165, 1.54) is 4.31 Å². The van der Waals surface area contributed by atoms with Crippen LogP contribution < -0.4 is 9.04 Å². The number of nitrogens with zero attached hydrogens (tertiary/aromatic N) is 1. The molecule has 2 aromatic carbocycles. The number of carbonyl (C=O) groups is 1. The van der Waals surface area contributed by atoms with E-state index in [4.69, 9.17) is 4.74 Å². The van der Waals surface area contributed by atoms with Crippen molar-refractivity contribution in [1.82, 2.24) is 0 Å². The van der Waals surface area contributed by atoms with Gasteiger partial charge >= 0.3 is 0 Å². The number of rotatable bonds is 3. The van der Waals surface area contributed by atoms with Gasteiger partial charge < -0.3 is 4.74 Å². The predicted octanol–water partition coefficient (Wildman–Crippen LogP) is 3.09. The lowest BCUT2D eigenvalue weighted by atomic mass is 10.0. The van der Waals surface area contributed by atoms with E-state index in [-0.39, 0.29) is 23.6 Å². The van der Waals surface area contributed by atoms with Crippen LogP contribution in [0.4, 0.5) is 5.69 Å². The third kappa shape index (κ3) is 2.57. The summed E-state index contributed by atoms with van der Waals surface area (Å²) in [6.45, 7) is 3.71. The van der Waals surface area contributed by atoms with E-state index in [1.54, 1.807) is 50.4 Å². The van der Waals surface area contributed by atoms with Gasteiger partial charge in [0.25, 0.3) is 10.0 Å². The van der Waals surface area contributed by atoms with Gasteiger partial charge in [-0.3, -0.25) is 9.10 Å². The number of para-hydroxylation sites is 1. The Kier molecular flexibility index (Phi) is 4.09. The highest BCUT2D eigenvalue weighted by atomic mass is 32.2. The molecule has 0 N–H and O–H groups in total. The molecule has 2 aromatic rings. The number of hydrogen-bond acceptors (Lipinski definition) is 4. The Morgan fingerprint density at radius 1 is 1.08 bits per heavy atom. The maximum Gasteiger partial charge on any atom is 0.264 e. The zero-order valence-corrected chi connectivity index (χ0v) is 14.7. The maximum atomic E-state index is 13.2. The van der Waals surface area contributed by atoms with Gasteiger partial charge in [-0.15, -0.1) is 0 Å².